The van der Waals surface area contributed by atoms with E-state index < -0.39 is 0 Å². The van der Waals surface area contributed by atoms with Crippen LogP contribution in [0.4, 0.5) is 0 Å². The van der Waals surface area contributed by atoms with Crippen LogP contribution in [0, 0.1) is 0 Å². The fraction of sp³-hybridized carbons (Fsp3) is 0.167. The average Bonchev–Trinajstić information content (AvgIpc) is 2.25. The zero-order chi connectivity index (χ0) is 11.1. The van der Waals surface area contributed by atoms with E-state index >= 15 is 0 Å². The molecule has 0 saturated carbocycles. The lowest BCUT2D eigenvalue weighted by atomic mass is 10.2. The summed E-state index contributed by atoms with van der Waals surface area (Å²) in [6.07, 6.45) is 4.68. The zero-order valence-electron chi connectivity index (χ0n) is 8.92. The predicted molar refractivity (Wildman–Crippen MR) is 62.7 cm³/mol. The highest BCUT2D eigenvalue weighted by Gasteiger charge is 1.90. The lowest BCUT2D eigenvalue weighted by Crippen LogP contribution is -2.08. The summed E-state index contributed by atoms with van der Waals surface area (Å²) >= 11 is 0. The summed E-state index contributed by atoms with van der Waals surface area (Å²) in [4.78, 5) is 16.6. The molecule has 0 aromatic heterocycles. The lowest BCUT2D eigenvalue weighted by Gasteiger charge is -1.99. The van der Waals surface area contributed by atoms with Crippen molar-refractivity contribution in [3.63, 3.8) is 0 Å². The van der Waals surface area contributed by atoms with Crippen LogP contribution in [0.1, 0.15) is 5.56 Å². The van der Waals surface area contributed by atoms with Gasteiger partial charge in [-0.1, -0.05) is 30.3 Å². The Bertz CT molecular complexity index is 366. The van der Waals surface area contributed by atoms with Gasteiger partial charge < -0.3 is 4.90 Å². The third-order valence-electron chi connectivity index (χ3n) is 1.63. The molecule has 1 aromatic carbocycles. The Morgan fingerprint density at radius 2 is 1.93 bits per heavy atom. The molecule has 0 unspecified atom stereocenters. The molecule has 0 heterocycles. The van der Waals surface area contributed by atoms with Crippen molar-refractivity contribution in [1.29, 1.82) is 0 Å². The molecule has 0 bridgehead atoms. The molecule has 1 rings (SSSR count). The first-order chi connectivity index (χ1) is 7.18. The number of aliphatic imine (C=N–C) groups is 1. The van der Waals surface area contributed by atoms with Crippen LogP contribution < -0.4 is 0 Å². The standard InChI is InChI=1S/C12H14N2O/c1-14(2)10-13-12(15)9-8-11-6-4-3-5-7-11/h3-10H,1-2H3/b9-8+,13-10-. The van der Waals surface area contributed by atoms with Gasteiger partial charge in [-0.2, -0.15) is 0 Å². The first-order valence-electron chi connectivity index (χ1n) is 4.66. The third-order valence-corrected chi connectivity index (χ3v) is 1.63. The highest BCUT2D eigenvalue weighted by atomic mass is 16.1. The van der Waals surface area contributed by atoms with Crippen LogP contribution in [-0.2, 0) is 4.79 Å². The maximum Gasteiger partial charge on any atom is 0.271 e. The van der Waals surface area contributed by atoms with E-state index in [-0.39, 0.29) is 5.91 Å². The molecule has 0 radical (unpaired) electrons. The molecule has 3 heteroatoms. The van der Waals surface area contributed by atoms with E-state index in [1.807, 2.05) is 44.4 Å². The maximum atomic E-state index is 11.2. The SMILES string of the molecule is CN(C)/C=N\C(=O)/C=C/c1ccccc1. The summed E-state index contributed by atoms with van der Waals surface area (Å²) in [7, 11) is 3.63. The average molecular weight is 202 g/mol. The van der Waals surface area contributed by atoms with E-state index in [9.17, 15) is 4.79 Å². The molecule has 0 aliphatic carbocycles. The van der Waals surface area contributed by atoms with Crippen LogP contribution in [0.15, 0.2) is 41.4 Å². The second kappa shape index (κ2) is 5.75. The first-order valence-corrected chi connectivity index (χ1v) is 4.66. The monoisotopic (exact) mass is 202 g/mol. The topological polar surface area (TPSA) is 32.7 Å². The number of rotatable bonds is 3. The largest absolute Gasteiger partial charge is 0.369 e. The fourth-order valence-electron chi connectivity index (χ4n) is 0.947. The van der Waals surface area contributed by atoms with Gasteiger partial charge >= 0.3 is 0 Å². The molecule has 0 aliphatic rings. The molecule has 0 fully saturated rings. The van der Waals surface area contributed by atoms with Gasteiger partial charge in [0.2, 0.25) is 0 Å². The van der Waals surface area contributed by atoms with Crippen LogP contribution in [0.25, 0.3) is 6.08 Å². The van der Waals surface area contributed by atoms with Gasteiger partial charge in [0, 0.05) is 20.2 Å². The Kier molecular flexibility index (Phi) is 4.29. The molecular weight excluding hydrogens is 188 g/mol. The first kappa shape index (κ1) is 11.2. The number of benzene rings is 1. The van der Waals surface area contributed by atoms with Gasteiger partial charge in [0.15, 0.2) is 0 Å². The normalized spacial score (nSPS) is 11.1. The van der Waals surface area contributed by atoms with Crippen molar-refractivity contribution in [2.75, 3.05) is 14.1 Å². The van der Waals surface area contributed by atoms with Crippen LogP contribution >= 0.6 is 0 Å². The van der Waals surface area contributed by atoms with E-state index in [0.29, 0.717) is 0 Å². The molecule has 0 saturated heterocycles. The second-order valence-corrected chi connectivity index (χ2v) is 3.29. The van der Waals surface area contributed by atoms with Gasteiger partial charge in [-0.05, 0) is 11.6 Å². The Labute approximate surface area is 89.7 Å². The van der Waals surface area contributed by atoms with E-state index in [0.717, 1.165) is 5.56 Å². The van der Waals surface area contributed by atoms with E-state index in [4.69, 9.17) is 0 Å². The molecule has 0 aliphatic heterocycles. The Balaban J connectivity index is 2.55. The van der Waals surface area contributed by atoms with Crippen molar-refractivity contribution in [3.05, 3.63) is 42.0 Å². The predicted octanol–water partition coefficient (Wildman–Crippen LogP) is 1.82. The number of carbonyl (C=O) groups excluding carboxylic acids is 1. The molecule has 1 amide bonds. The Morgan fingerprint density at radius 3 is 2.53 bits per heavy atom. The van der Waals surface area contributed by atoms with Gasteiger partial charge in [-0.3, -0.25) is 4.79 Å². The van der Waals surface area contributed by atoms with Crippen LogP contribution in [0.2, 0.25) is 0 Å². The summed E-state index contributed by atoms with van der Waals surface area (Å²) < 4.78 is 0. The molecule has 3 nitrogen and oxygen atoms in total. The van der Waals surface area contributed by atoms with Gasteiger partial charge in [0.05, 0.1) is 6.34 Å². The van der Waals surface area contributed by atoms with Crippen molar-refractivity contribution in [2.45, 2.75) is 0 Å². The van der Waals surface area contributed by atoms with Crippen LogP contribution in [-0.4, -0.2) is 31.2 Å². The van der Waals surface area contributed by atoms with E-state index in [2.05, 4.69) is 4.99 Å². The molecule has 0 atom stereocenters. The quantitative estimate of drug-likeness (QED) is 0.425. The maximum absolute atomic E-state index is 11.2. The van der Waals surface area contributed by atoms with Crippen molar-refractivity contribution in [2.24, 2.45) is 4.99 Å². The molecule has 1 aromatic rings. The highest BCUT2D eigenvalue weighted by molar-refractivity contribution is 5.96. The van der Waals surface area contributed by atoms with Gasteiger partial charge in [-0.25, -0.2) is 4.99 Å². The molecule has 0 N–H and O–H groups in total. The summed E-state index contributed by atoms with van der Waals surface area (Å²) in [6.45, 7) is 0. The third kappa shape index (κ3) is 4.76. The second-order valence-electron chi connectivity index (χ2n) is 3.29. The number of nitrogens with zero attached hydrogens (tertiary/aromatic N) is 2. The van der Waals surface area contributed by atoms with Crippen molar-refractivity contribution < 1.29 is 4.79 Å². The Morgan fingerprint density at radius 1 is 1.27 bits per heavy atom. The van der Waals surface area contributed by atoms with Crippen molar-refractivity contribution >= 4 is 18.3 Å². The molecule has 0 spiro atoms. The van der Waals surface area contributed by atoms with Crippen molar-refractivity contribution in [3.8, 4) is 0 Å². The smallest absolute Gasteiger partial charge is 0.271 e. The Hall–Kier alpha value is -1.90. The van der Waals surface area contributed by atoms with Gasteiger partial charge in [0.1, 0.15) is 0 Å². The number of amides is 1. The minimum atomic E-state index is -0.257. The van der Waals surface area contributed by atoms with Gasteiger partial charge in [0.25, 0.3) is 5.91 Å². The summed E-state index contributed by atoms with van der Waals surface area (Å²) in [6, 6.07) is 9.64. The highest BCUT2D eigenvalue weighted by Crippen LogP contribution is 2.00. The minimum absolute atomic E-state index is 0.257. The van der Waals surface area contributed by atoms with E-state index in [1.165, 1.54) is 12.4 Å². The molecule has 15 heavy (non-hydrogen) atoms. The van der Waals surface area contributed by atoms with Crippen molar-refractivity contribution in [1.82, 2.24) is 4.90 Å². The van der Waals surface area contributed by atoms with Gasteiger partial charge in [-0.15, -0.1) is 0 Å². The molecule has 78 valence electrons. The number of hydrogen-bond donors (Lipinski definition) is 0. The summed E-state index contributed by atoms with van der Waals surface area (Å²) in [5.41, 5.74) is 0.992. The molecular formula is C12H14N2O. The number of carbonyl (C=O) groups is 1. The van der Waals surface area contributed by atoms with E-state index in [1.54, 1.807) is 11.0 Å². The minimum Gasteiger partial charge on any atom is -0.369 e. The summed E-state index contributed by atoms with van der Waals surface area (Å²) in [5, 5.41) is 0. The van der Waals surface area contributed by atoms with Crippen LogP contribution in [0.5, 0.6) is 0 Å². The summed E-state index contributed by atoms with van der Waals surface area (Å²) in [5.74, 6) is -0.257. The number of hydrogen-bond acceptors (Lipinski definition) is 1. The lowest BCUT2D eigenvalue weighted by molar-refractivity contribution is -0.113. The van der Waals surface area contributed by atoms with Crippen LogP contribution in [0.3, 0.4) is 0 Å². The zero-order valence-corrected chi connectivity index (χ0v) is 8.92. The fourth-order valence-corrected chi connectivity index (χ4v) is 0.947.